The molecule has 1 heterocycles. The minimum Gasteiger partial charge on any atom is -0.487 e. The van der Waals surface area contributed by atoms with Gasteiger partial charge in [0.25, 0.3) is 10.1 Å². The highest BCUT2D eigenvalue weighted by atomic mass is 35.5. The lowest BCUT2D eigenvalue weighted by Crippen LogP contribution is -2.21. The second-order valence-corrected chi connectivity index (χ2v) is 10.8. The number of rotatable bonds is 5. The summed E-state index contributed by atoms with van der Waals surface area (Å²) in [6.07, 6.45) is 2.52. The maximum absolute atomic E-state index is 12.5. The highest BCUT2D eigenvalue weighted by molar-refractivity contribution is 7.86. The van der Waals surface area contributed by atoms with Crippen molar-refractivity contribution in [1.82, 2.24) is 0 Å². The number of hydrogen-bond donors (Lipinski definition) is 0. The van der Waals surface area contributed by atoms with Gasteiger partial charge in [-0.3, -0.25) is 4.18 Å². The molecule has 1 aliphatic heterocycles. The molecule has 0 aromatic heterocycles. The van der Waals surface area contributed by atoms with Gasteiger partial charge in [-0.1, -0.05) is 71.2 Å². The molecule has 158 valence electrons. The van der Waals surface area contributed by atoms with Gasteiger partial charge in [0.15, 0.2) is 4.33 Å². The second kappa shape index (κ2) is 8.04. The molecule has 1 unspecified atom stereocenters. The minimum absolute atomic E-state index is 0.0876. The Labute approximate surface area is 187 Å². The number of halogens is 2. The molecule has 0 N–H and O–H groups in total. The summed E-state index contributed by atoms with van der Waals surface area (Å²) in [7, 11) is -3.86. The van der Waals surface area contributed by atoms with Crippen molar-refractivity contribution in [3.05, 3.63) is 82.6 Å². The van der Waals surface area contributed by atoms with E-state index in [4.69, 9.17) is 32.1 Å². The van der Waals surface area contributed by atoms with Crippen LogP contribution < -0.4 is 0 Å². The zero-order valence-corrected chi connectivity index (χ0v) is 19.0. The largest absolute Gasteiger partial charge is 0.487 e. The summed E-state index contributed by atoms with van der Waals surface area (Å²) < 4.78 is 35.3. The van der Waals surface area contributed by atoms with Crippen LogP contribution >= 0.6 is 23.2 Å². The van der Waals surface area contributed by atoms with Crippen molar-refractivity contribution in [3.63, 3.8) is 0 Å². The Morgan fingerprint density at radius 2 is 1.80 bits per heavy atom. The summed E-state index contributed by atoms with van der Waals surface area (Å²) in [6.45, 7) is 3.80. The van der Waals surface area contributed by atoms with Gasteiger partial charge in [-0.25, -0.2) is 0 Å². The van der Waals surface area contributed by atoms with Crippen molar-refractivity contribution in [3.8, 4) is 0 Å². The van der Waals surface area contributed by atoms with Crippen LogP contribution in [0, 0.1) is 13.8 Å². The van der Waals surface area contributed by atoms with Gasteiger partial charge in [-0.15, -0.1) is 0 Å². The number of aryl methyl sites for hydroxylation is 2. The highest BCUT2D eigenvalue weighted by Crippen LogP contribution is 2.51. The lowest BCUT2D eigenvalue weighted by Gasteiger charge is -2.29. The first-order chi connectivity index (χ1) is 14.2. The monoisotopic (exact) mass is 464 g/mol. The van der Waals surface area contributed by atoms with Crippen molar-refractivity contribution in [2.24, 2.45) is 0 Å². The van der Waals surface area contributed by atoms with Gasteiger partial charge in [-0.05, 0) is 42.7 Å². The summed E-state index contributed by atoms with van der Waals surface area (Å²) in [5, 5.41) is 0. The van der Waals surface area contributed by atoms with E-state index in [2.05, 4.69) is 0 Å². The number of alkyl halides is 2. The van der Waals surface area contributed by atoms with Gasteiger partial charge in [0, 0.05) is 18.4 Å². The predicted octanol–water partition coefficient (Wildman–Crippen LogP) is 5.71. The Bertz CT molecular complexity index is 1130. The number of fused-ring (bicyclic) bond motifs is 1. The first kappa shape index (κ1) is 21.4. The molecule has 0 radical (unpaired) electrons. The van der Waals surface area contributed by atoms with Crippen LogP contribution in [0.2, 0.25) is 0 Å². The molecule has 0 bridgehead atoms. The van der Waals surface area contributed by atoms with E-state index in [1.165, 1.54) is 12.1 Å². The van der Waals surface area contributed by atoms with E-state index in [0.717, 1.165) is 27.8 Å². The standard InChI is InChI=1S/C23H22Cl2O4S/c1-15-7-9-19(10-8-15)30(26,27)28-14-18-13-17-11-12-23(24,25)21(22(17)29-18)20-6-4-3-5-16(20)2/h3-11,18H,12-14H2,1-2H3. The van der Waals surface area contributed by atoms with Gasteiger partial charge in [0.2, 0.25) is 0 Å². The van der Waals surface area contributed by atoms with E-state index in [9.17, 15) is 8.42 Å². The van der Waals surface area contributed by atoms with E-state index in [1.54, 1.807) is 12.1 Å². The van der Waals surface area contributed by atoms with Crippen molar-refractivity contribution in [1.29, 1.82) is 0 Å². The lowest BCUT2D eigenvalue weighted by atomic mass is 9.88. The fourth-order valence-electron chi connectivity index (χ4n) is 3.74. The molecule has 4 nitrogen and oxygen atoms in total. The average molecular weight is 465 g/mol. The summed E-state index contributed by atoms with van der Waals surface area (Å²) in [6, 6.07) is 14.4. The summed E-state index contributed by atoms with van der Waals surface area (Å²) >= 11 is 13.3. The van der Waals surface area contributed by atoms with E-state index in [-0.39, 0.29) is 11.5 Å². The Morgan fingerprint density at radius 3 is 2.50 bits per heavy atom. The van der Waals surface area contributed by atoms with E-state index in [0.29, 0.717) is 18.6 Å². The quantitative estimate of drug-likeness (QED) is 0.419. The highest BCUT2D eigenvalue weighted by Gasteiger charge is 2.42. The Balaban J connectivity index is 1.58. The van der Waals surface area contributed by atoms with Crippen molar-refractivity contribution in [2.75, 3.05) is 6.61 Å². The molecule has 0 saturated carbocycles. The zero-order chi connectivity index (χ0) is 21.5. The van der Waals surface area contributed by atoms with Crippen LogP contribution in [0.5, 0.6) is 0 Å². The summed E-state index contributed by atoms with van der Waals surface area (Å²) in [4.78, 5) is 0.128. The van der Waals surface area contributed by atoms with Crippen LogP contribution in [-0.2, 0) is 19.0 Å². The Kier molecular flexibility index (Phi) is 5.75. The van der Waals surface area contributed by atoms with Crippen LogP contribution in [-0.4, -0.2) is 25.5 Å². The van der Waals surface area contributed by atoms with Crippen molar-refractivity contribution < 1.29 is 17.3 Å². The van der Waals surface area contributed by atoms with E-state index >= 15 is 0 Å². The van der Waals surface area contributed by atoms with Crippen LogP contribution in [0.15, 0.2) is 70.8 Å². The molecule has 1 fully saturated rings. The summed E-state index contributed by atoms with van der Waals surface area (Å²) in [5.41, 5.74) is 4.65. The molecule has 0 amide bonds. The number of allylic oxidation sites excluding steroid dienone is 3. The fraction of sp³-hybridized carbons (Fsp3) is 0.304. The molecule has 1 saturated heterocycles. The molecular formula is C23H22Cl2O4S. The van der Waals surface area contributed by atoms with Gasteiger partial charge in [-0.2, -0.15) is 8.42 Å². The molecule has 30 heavy (non-hydrogen) atoms. The van der Waals surface area contributed by atoms with Gasteiger partial charge < -0.3 is 4.74 Å². The molecule has 0 spiro atoms. The zero-order valence-electron chi connectivity index (χ0n) is 16.7. The minimum atomic E-state index is -3.86. The van der Waals surface area contributed by atoms with Crippen LogP contribution in [0.1, 0.15) is 29.5 Å². The van der Waals surface area contributed by atoms with Crippen LogP contribution in [0.4, 0.5) is 0 Å². The predicted molar refractivity (Wildman–Crippen MR) is 119 cm³/mol. The molecule has 2 aromatic carbocycles. The fourth-order valence-corrected chi connectivity index (χ4v) is 5.21. The van der Waals surface area contributed by atoms with Gasteiger partial charge >= 0.3 is 0 Å². The lowest BCUT2D eigenvalue weighted by molar-refractivity contribution is 0.106. The normalized spacial score (nSPS) is 20.5. The van der Waals surface area contributed by atoms with Crippen molar-refractivity contribution in [2.45, 2.75) is 42.0 Å². The molecule has 1 atom stereocenters. The third-order valence-electron chi connectivity index (χ3n) is 5.35. The smallest absolute Gasteiger partial charge is 0.297 e. The topological polar surface area (TPSA) is 52.6 Å². The third kappa shape index (κ3) is 4.17. The number of benzene rings is 2. The first-order valence-electron chi connectivity index (χ1n) is 9.68. The molecule has 2 aliphatic rings. The maximum Gasteiger partial charge on any atom is 0.297 e. The van der Waals surface area contributed by atoms with E-state index < -0.39 is 20.6 Å². The Morgan fingerprint density at radius 1 is 1.10 bits per heavy atom. The molecule has 7 heteroatoms. The molecule has 1 aliphatic carbocycles. The van der Waals surface area contributed by atoms with Gasteiger partial charge in [0.1, 0.15) is 18.5 Å². The number of hydrogen-bond acceptors (Lipinski definition) is 4. The first-order valence-corrected chi connectivity index (χ1v) is 11.8. The van der Waals surface area contributed by atoms with E-state index in [1.807, 2.05) is 44.2 Å². The molecular weight excluding hydrogens is 443 g/mol. The molecule has 2 aromatic rings. The SMILES string of the molecule is Cc1ccc(S(=O)(=O)OCC2CC3=CCC(Cl)(Cl)C(c4ccccc4C)=C3O2)cc1. The number of ether oxygens (including phenoxy) is 1. The second-order valence-electron chi connectivity index (χ2n) is 7.65. The summed E-state index contributed by atoms with van der Waals surface area (Å²) in [5.74, 6) is 0.627. The van der Waals surface area contributed by atoms with Crippen LogP contribution in [0.3, 0.4) is 0 Å². The Hall–Kier alpha value is -1.79. The average Bonchev–Trinajstić information content (AvgIpc) is 3.10. The van der Waals surface area contributed by atoms with Crippen LogP contribution in [0.25, 0.3) is 5.57 Å². The van der Waals surface area contributed by atoms with Crippen molar-refractivity contribution >= 4 is 38.9 Å². The maximum atomic E-state index is 12.5. The third-order valence-corrected chi connectivity index (χ3v) is 7.34. The van der Waals surface area contributed by atoms with Gasteiger partial charge in [0.05, 0.1) is 4.90 Å². The molecule has 4 rings (SSSR count).